The van der Waals surface area contributed by atoms with Gasteiger partial charge in [0, 0.05) is 38.0 Å². The molecule has 6 heteroatoms. The van der Waals surface area contributed by atoms with Crippen molar-refractivity contribution in [3.8, 4) is 0 Å². The molecule has 20 heavy (non-hydrogen) atoms. The summed E-state index contributed by atoms with van der Waals surface area (Å²) < 4.78 is 0. The first kappa shape index (κ1) is 12.8. The summed E-state index contributed by atoms with van der Waals surface area (Å²) in [6.07, 6.45) is 4.61. The van der Waals surface area contributed by atoms with E-state index < -0.39 is 5.41 Å². The van der Waals surface area contributed by atoms with Crippen molar-refractivity contribution in [2.45, 2.75) is 19.8 Å². The molecule has 1 fully saturated rings. The number of hydrogen-bond donors (Lipinski definition) is 1. The van der Waals surface area contributed by atoms with Gasteiger partial charge in [-0.2, -0.15) is 5.10 Å². The third-order valence-corrected chi connectivity index (χ3v) is 4.17. The van der Waals surface area contributed by atoms with Gasteiger partial charge in [-0.15, -0.1) is 0 Å². The lowest BCUT2D eigenvalue weighted by Crippen LogP contribution is -2.49. The lowest BCUT2D eigenvalue weighted by Gasteiger charge is -2.37. The minimum absolute atomic E-state index is 0.0562. The highest BCUT2D eigenvalue weighted by Crippen LogP contribution is 2.38. The van der Waals surface area contributed by atoms with Gasteiger partial charge in [-0.3, -0.25) is 14.6 Å². The van der Waals surface area contributed by atoms with Crippen molar-refractivity contribution in [2.75, 3.05) is 13.1 Å². The van der Waals surface area contributed by atoms with E-state index in [4.69, 9.17) is 0 Å². The van der Waals surface area contributed by atoms with Gasteiger partial charge < -0.3 is 4.90 Å². The van der Waals surface area contributed by atoms with Crippen LogP contribution in [-0.4, -0.2) is 40.5 Å². The van der Waals surface area contributed by atoms with E-state index >= 15 is 0 Å². The molecule has 1 N–H and O–H groups in total. The predicted octanol–water partition coefficient (Wildman–Crippen LogP) is 0.544. The lowest BCUT2D eigenvalue weighted by molar-refractivity contribution is -0.135. The predicted molar refractivity (Wildman–Crippen MR) is 72.8 cm³/mol. The van der Waals surface area contributed by atoms with Crippen LogP contribution in [0, 0.1) is 5.41 Å². The van der Waals surface area contributed by atoms with Crippen LogP contribution >= 0.6 is 0 Å². The number of hydrogen-bond acceptors (Lipinski definition) is 4. The Labute approximate surface area is 116 Å². The maximum absolute atomic E-state index is 12.3. The number of nitrogens with zero attached hydrogens (tertiary/aromatic N) is 3. The maximum Gasteiger partial charge on any atom is 0.252 e. The van der Waals surface area contributed by atoms with E-state index in [2.05, 4.69) is 15.5 Å². The fourth-order valence-corrected chi connectivity index (χ4v) is 2.95. The van der Waals surface area contributed by atoms with Gasteiger partial charge in [-0.1, -0.05) is 0 Å². The summed E-state index contributed by atoms with van der Waals surface area (Å²) in [5.41, 5.74) is 3.68. The highest BCUT2D eigenvalue weighted by Gasteiger charge is 2.49. The monoisotopic (exact) mass is 272 g/mol. The molecule has 0 unspecified atom stereocenters. The second kappa shape index (κ2) is 4.70. The molecule has 1 saturated heterocycles. The molecule has 0 atom stereocenters. The Hall–Kier alpha value is -2.24. The molecule has 0 bridgehead atoms. The summed E-state index contributed by atoms with van der Waals surface area (Å²) in [5.74, 6) is -0.00632. The van der Waals surface area contributed by atoms with Crippen molar-refractivity contribution in [3.63, 3.8) is 0 Å². The number of aromatic nitrogens is 1. The quantitative estimate of drug-likeness (QED) is 0.811. The zero-order chi connectivity index (χ0) is 14.2. The van der Waals surface area contributed by atoms with Gasteiger partial charge in [0.2, 0.25) is 5.91 Å². The van der Waals surface area contributed by atoms with Gasteiger partial charge in [0.15, 0.2) is 0 Å². The van der Waals surface area contributed by atoms with Gasteiger partial charge in [-0.05, 0) is 25.0 Å². The molecule has 0 aliphatic carbocycles. The Kier molecular flexibility index (Phi) is 3.00. The largest absolute Gasteiger partial charge is 0.343 e. The smallest absolute Gasteiger partial charge is 0.252 e. The van der Waals surface area contributed by atoms with Crippen molar-refractivity contribution in [2.24, 2.45) is 10.5 Å². The number of carbonyl (C=O) groups is 2. The van der Waals surface area contributed by atoms with Gasteiger partial charge in [0.1, 0.15) is 0 Å². The van der Waals surface area contributed by atoms with Crippen LogP contribution in [0.3, 0.4) is 0 Å². The Bertz CT molecular complexity index is 574. The molecule has 0 radical (unpaired) electrons. The third-order valence-electron chi connectivity index (χ3n) is 4.17. The zero-order valence-electron chi connectivity index (χ0n) is 11.3. The van der Waals surface area contributed by atoms with Gasteiger partial charge in [0.25, 0.3) is 5.91 Å². The highest BCUT2D eigenvalue weighted by atomic mass is 16.2. The molecule has 6 nitrogen and oxygen atoms in total. The molecular formula is C14H16N4O2. The molecule has 3 heterocycles. The normalized spacial score (nSPS) is 20.8. The maximum atomic E-state index is 12.3. The Balaban J connectivity index is 1.90. The summed E-state index contributed by atoms with van der Waals surface area (Å²) >= 11 is 0. The number of hydrazone groups is 1. The SMILES string of the molecule is CC(=O)N1CCC2(CC1)C(=O)NN=C2c1ccncc1. The van der Waals surface area contributed by atoms with Gasteiger partial charge in [0.05, 0.1) is 11.1 Å². The van der Waals surface area contributed by atoms with Crippen LogP contribution in [0.15, 0.2) is 29.6 Å². The zero-order valence-corrected chi connectivity index (χ0v) is 11.3. The van der Waals surface area contributed by atoms with E-state index in [-0.39, 0.29) is 11.8 Å². The van der Waals surface area contributed by atoms with Crippen LogP contribution in [0.4, 0.5) is 0 Å². The Morgan fingerprint density at radius 1 is 1.30 bits per heavy atom. The van der Waals surface area contributed by atoms with E-state index in [1.54, 1.807) is 24.2 Å². The molecule has 3 rings (SSSR count). The molecule has 2 aliphatic rings. The highest BCUT2D eigenvalue weighted by molar-refractivity contribution is 6.19. The van der Waals surface area contributed by atoms with Crippen molar-refractivity contribution in [1.29, 1.82) is 0 Å². The van der Waals surface area contributed by atoms with Gasteiger partial charge in [-0.25, -0.2) is 5.43 Å². The fraction of sp³-hybridized carbons (Fsp3) is 0.429. The van der Waals surface area contributed by atoms with E-state index in [9.17, 15) is 9.59 Å². The molecule has 2 amide bonds. The average molecular weight is 272 g/mol. The standard InChI is InChI=1S/C14H16N4O2/c1-10(19)18-8-4-14(5-9-18)12(16-17-13(14)20)11-2-6-15-7-3-11/h2-3,6-7H,4-5,8-9H2,1H3,(H,17,20). The molecule has 2 aliphatic heterocycles. The molecule has 1 aromatic heterocycles. The van der Waals surface area contributed by atoms with E-state index in [0.29, 0.717) is 25.9 Å². The van der Waals surface area contributed by atoms with Crippen molar-refractivity contribution < 1.29 is 9.59 Å². The summed E-state index contributed by atoms with van der Waals surface area (Å²) in [6.45, 7) is 2.74. The fourth-order valence-electron chi connectivity index (χ4n) is 2.95. The minimum Gasteiger partial charge on any atom is -0.343 e. The summed E-state index contributed by atoms with van der Waals surface area (Å²) in [5, 5.41) is 4.22. The minimum atomic E-state index is -0.604. The third kappa shape index (κ3) is 1.88. The van der Waals surface area contributed by atoms with Crippen LogP contribution < -0.4 is 5.43 Å². The first-order chi connectivity index (χ1) is 9.63. The van der Waals surface area contributed by atoms with Crippen LogP contribution in [-0.2, 0) is 9.59 Å². The number of pyridine rings is 1. The molecule has 104 valence electrons. The average Bonchev–Trinajstić information content (AvgIpc) is 2.78. The summed E-state index contributed by atoms with van der Waals surface area (Å²) in [7, 11) is 0. The second-order valence-electron chi connectivity index (χ2n) is 5.23. The van der Waals surface area contributed by atoms with Crippen LogP contribution in [0.1, 0.15) is 25.3 Å². The Morgan fingerprint density at radius 3 is 2.55 bits per heavy atom. The van der Waals surface area contributed by atoms with Gasteiger partial charge >= 0.3 is 0 Å². The lowest BCUT2D eigenvalue weighted by atomic mass is 9.72. The number of nitrogens with one attached hydrogen (secondary N) is 1. The van der Waals surface area contributed by atoms with E-state index in [0.717, 1.165) is 11.3 Å². The number of carbonyl (C=O) groups excluding carboxylic acids is 2. The van der Waals surface area contributed by atoms with Crippen LogP contribution in [0.5, 0.6) is 0 Å². The first-order valence-corrected chi connectivity index (χ1v) is 6.68. The number of rotatable bonds is 1. The van der Waals surface area contributed by atoms with Crippen molar-refractivity contribution in [1.82, 2.24) is 15.3 Å². The number of piperidine rings is 1. The molecule has 0 aromatic carbocycles. The van der Waals surface area contributed by atoms with Crippen LogP contribution in [0.2, 0.25) is 0 Å². The van der Waals surface area contributed by atoms with E-state index in [1.807, 2.05) is 12.1 Å². The van der Waals surface area contributed by atoms with Crippen molar-refractivity contribution >= 4 is 17.5 Å². The molecule has 1 aromatic rings. The first-order valence-electron chi connectivity index (χ1n) is 6.68. The molecule has 0 saturated carbocycles. The number of likely N-dealkylation sites (tertiary alicyclic amines) is 1. The van der Waals surface area contributed by atoms with E-state index in [1.165, 1.54) is 0 Å². The van der Waals surface area contributed by atoms with Crippen LogP contribution in [0.25, 0.3) is 0 Å². The van der Waals surface area contributed by atoms with Crippen molar-refractivity contribution in [3.05, 3.63) is 30.1 Å². The topological polar surface area (TPSA) is 74.7 Å². The second-order valence-corrected chi connectivity index (χ2v) is 5.23. The molecule has 1 spiro atoms. The number of amides is 2. The molecular weight excluding hydrogens is 256 g/mol. The Morgan fingerprint density at radius 2 is 1.95 bits per heavy atom. The summed E-state index contributed by atoms with van der Waals surface area (Å²) in [4.78, 5) is 29.5. The summed E-state index contributed by atoms with van der Waals surface area (Å²) in [6, 6.07) is 3.72.